The highest BCUT2D eigenvalue weighted by Crippen LogP contribution is 2.37. The Bertz CT molecular complexity index is 918. The van der Waals surface area contributed by atoms with E-state index in [1.807, 2.05) is 12.1 Å². The standard InChI is InChI=1S/C19H20ClN5O2/c1-4-12-5-7-13(8-6-12)22-19-24-18(11-21-25-19)23-15-10-16(26-2)14(20)9-17(15)27-3/h5-11H,4H2,1-3H3,(H2,22,23,24,25). The molecule has 2 N–H and O–H groups in total. The maximum atomic E-state index is 6.14. The van der Waals surface area contributed by atoms with Gasteiger partial charge in [-0.05, 0) is 24.1 Å². The molecular weight excluding hydrogens is 366 g/mol. The summed E-state index contributed by atoms with van der Waals surface area (Å²) < 4.78 is 10.6. The molecule has 0 aliphatic heterocycles. The van der Waals surface area contributed by atoms with E-state index in [0.29, 0.717) is 34.0 Å². The number of hydrogen-bond donors (Lipinski definition) is 2. The molecule has 0 radical (unpaired) electrons. The molecule has 1 heterocycles. The van der Waals surface area contributed by atoms with Crippen LogP contribution < -0.4 is 20.1 Å². The molecule has 0 unspecified atom stereocenters. The lowest BCUT2D eigenvalue weighted by Crippen LogP contribution is -2.03. The average molecular weight is 386 g/mol. The zero-order valence-corrected chi connectivity index (χ0v) is 16.0. The van der Waals surface area contributed by atoms with Crippen LogP contribution in [0.25, 0.3) is 0 Å². The van der Waals surface area contributed by atoms with Crippen molar-refractivity contribution in [1.82, 2.24) is 15.2 Å². The summed E-state index contributed by atoms with van der Waals surface area (Å²) in [6.45, 7) is 2.12. The van der Waals surface area contributed by atoms with Crippen LogP contribution in [0.5, 0.6) is 11.5 Å². The van der Waals surface area contributed by atoms with Gasteiger partial charge in [0.1, 0.15) is 11.5 Å². The molecular formula is C19H20ClN5O2. The number of hydrogen-bond acceptors (Lipinski definition) is 7. The quantitative estimate of drug-likeness (QED) is 0.615. The molecule has 0 aliphatic rings. The van der Waals surface area contributed by atoms with E-state index in [-0.39, 0.29) is 0 Å². The summed E-state index contributed by atoms with van der Waals surface area (Å²) >= 11 is 6.14. The van der Waals surface area contributed by atoms with Crippen molar-refractivity contribution >= 4 is 34.7 Å². The molecule has 0 atom stereocenters. The molecule has 0 aliphatic carbocycles. The highest BCUT2D eigenvalue weighted by atomic mass is 35.5. The number of methoxy groups -OCH3 is 2. The van der Waals surface area contributed by atoms with Gasteiger partial charge in [-0.2, -0.15) is 10.1 Å². The van der Waals surface area contributed by atoms with Crippen molar-refractivity contribution < 1.29 is 9.47 Å². The summed E-state index contributed by atoms with van der Waals surface area (Å²) in [5, 5.41) is 14.8. The minimum atomic E-state index is 0.379. The van der Waals surface area contributed by atoms with Crippen molar-refractivity contribution in [1.29, 1.82) is 0 Å². The molecule has 0 spiro atoms. The number of nitrogens with one attached hydrogen (secondary N) is 2. The number of aromatic nitrogens is 3. The van der Waals surface area contributed by atoms with Gasteiger partial charge in [-0.3, -0.25) is 0 Å². The Morgan fingerprint density at radius 1 is 1.00 bits per heavy atom. The molecule has 7 nitrogen and oxygen atoms in total. The Hall–Kier alpha value is -3.06. The molecule has 1 aromatic heterocycles. The van der Waals surface area contributed by atoms with Crippen molar-refractivity contribution in [3.8, 4) is 11.5 Å². The van der Waals surface area contributed by atoms with E-state index >= 15 is 0 Å². The van der Waals surface area contributed by atoms with Gasteiger partial charge in [-0.1, -0.05) is 30.7 Å². The number of rotatable bonds is 7. The van der Waals surface area contributed by atoms with Crippen molar-refractivity contribution in [2.75, 3.05) is 24.9 Å². The van der Waals surface area contributed by atoms with Gasteiger partial charge in [0.2, 0.25) is 5.95 Å². The van der Waals surface area contributed by atoms with Crippen LogP contribution in [-0.4, -0.2) is 29.4 Å². The fourth-order valence-corrected chi connectivity index (χ4v) is 2.70. The van der Waals surface area contributed by atoms with Gasteiger partial charge < -0.3 is 20.1 Å². The number of anilines is 4. The predicted octanol–water partition coefficient (Wildman–Crippen LogP) is 4.59. The largest absolute Gasteiger partial charge is 0.495 e. The van der Waals surface area contributed by atoms with Gasteiger partial charge in [0.15, 0.2) is 5.82 Å². The van der Waals surface area contributed by atoms with E-state index in [0.717, 1.165) is 12.1 Å². The highest BCUT2D eigenvalue weighted by molar-refractivity contribution is 6.32. The Labute approximate surface area is 162 Å². The number of halogens is 1. The zero-order chi connectivity index (χ0) is 19.2. The molecule has 0 saturated heterocycles. The number of benzene rings is 2. The lowest BCUT2D eigenvalue weighted by Gasteiger charge is -2.13. The lowest BCUT2D eigenvalue weighted by molar-refractivity contribution is 0.405. The Morgan fingerprint density at radius 3 is 2.41 bits per heavy atom. The summed E-state index contributed by atoms with van der Waals surface area (Å²) in [6.07, 6.45) is 2.51. The van der Waals surface area contributed by atoms with Crippen molar-refractivity contribution in [2.24, 2.45) is 0 Å². The highest BCUT2D eigenvalue weighted by Gasteiger charge is 2.11. The monoisotopic (exact) mass is 385 g/mol. The second-order valence-corrected chi connectivity index (χ2v) is 6.06. The number of nitrogens with zero attached hydrogens (tertiary/aromatic N) is 3. The summed E-state index contributed by atoms with van der Waals surface area (Å²) in [5.41, 5.74) is 2.80. The number of ether oxygens (including phenoxy) is 2. The molecule has 27 heavy (non-hydrogen) atoms. The van der Waals surface area contributed by atoms with Gasteiger partial charge in [0.05, 0.1) is 31.1 Å². The van der Waals surface area contributed by atoms with Crippen LogP contribution in [0.2, 0.25) is 5.02 Å². The maximum absolute atomic E-state index is 6.14. The molecule has 3 rings (SSSR count). The third kappa shape index (κ3) is 4.57. The summed E-state index contributed by atoms with van der Waals surface area (Å²) in [4.78, 5) is 4.43. The Morgan fingerprint density at radius 2 is 1.74 bits per heavy atom. The van der Waals surface area contributed by atoms with Crippen LogP contribution in [0, 0.1) is 0 Å². The van der Waals surface area contributed by atoms with Gasteiger partial charge in [-0.15, -0.1) is 5.10 Å². The van der Waals surface area contributed by atoms with Gasteiger partial charge in [0.25, 0.3) is 0 Å². The maximum Gasteiger partial charge on any atom is 0.249 e. The van der Waals surface area contributed by atoms with E-state index in [9.17, 15) is 0 Å². The summed E-state index contributed by atoms with van der Waals surface area (Å²) in [6, 6.07) is 11.5. The van der Waals surface area contributed by atoms with Crippen LogP contribution in [0.4, 0.5) is 23.1 Å². The first-order valence-electron chi connectivity index (χ1n) is 8.37. The summed E-state index contributed by atoms with van der Waals surface area (Å²) in [7, 11) is 3.12. The van der Waals surface area contributed by atoms with Crippen LogP contribution in [0.3, 0.4) is 0 Å². The Kier molecular flexibility index (Phi) is 5.93. The van der Waals surface area contributed by atoms with E-state index in [4.69, 9.17) is 21.1 Å². The van der Waals surface area contributed by atoms with E-state index in [1.165, 1.54) is 11.8 Å². The fraction of sp³-hybridized carbons (Fsp3) is 0.211. The Balaban J connectivity index is 1.81. The minimum absolute atomic E-state index is 0.379. The smallest absolute Gasteiger partial charge is 0.249 e. The molecule has 0 saturated carbocycles. The third-order valence-corrected chi connectivity index (χ3v) is 4.21. The SMILES string of the molecule is CCc1ccc(Nc2nncc(Nc3cc(OC)c(Cl)cc3OC)n2)cc1. The molecule has 0 amide bonds. The molecule has 3 aromatic rings. The van der Waals surface area contributed by atoms with Crippen LogP contribution in [0.1, 0.15) is 12.5 Å². The molecule has 140 valence electrons. The van der Waals surface area contributed by atoms with Crippen LogP contribution in [0.15, 0.2) is 42.6 Å². The average Bonchev–Trinajstić information content (AvgIpc) is 2.70. The molecule has 0 bridgehead atoms. The zero-order valence-electron chi connectivity index (χ0n) is 15.3. The predicted molar refractivity (Wildman–Crippen MR) is 107 cm³/mol. The van der Waals surface area contributed by atoms with Crippen LogP contribution >= 0.6 is 11.6 Å². The molecule has 0 fully saturated rings. The first kappa shape index (κ1) is 18.7. The van der Waals surface area contributed by atoms with E-state index < -0.39 is 0 Å². The van der Waals surface area contributed by atoms with E-state index in [1.54, 1.807) is 26.4 Å². The number of aryl methyl sites for hydroxylation is 1. The summed E-state index contributed by atoms with van der Waals surface area (Å²) in [5.74, 6) is 1.96. The second kappa shape index (κ2) is 8.55. The first-order chi connectivity index (χ1) is 13.1. The van der Waals surface area contributed by atoms with Gasteiger partial charge in [-0.25, -0.2) is 0 Å². The lowest BCUT2D eigenvalue weighted by atomic mass is 10.1. The second-order valence-electron chi connectivity index (χ2n) is 5.65. The van der Waals surface area contributed by atoms with Crippen molar-refractivity contribution in [3.05, 3.63) is 53.2 Å². The molecule has 2 aromatic carbocycles. The van der Waals surface area contributed by atoms with Crippen LogP contribution in [-0.2, 0) is 6.42 Å². The third-order valence-electron chi connectivity index (χ3n) is 3.91. The topological polar surface area (TPSA) is 81.2 Å². The van der Waals surface area contributed by atoms with Crippen molar-refractivity contribution in [2.45, 2.75) is 13.3 Å². The van der Waals surface area contributed by atoms with Gasteiger partial charge in [0, 0.05) is 17.8 Å². The molecule has 8 heteroatoms. The van der Waals surface area contributed by atoms with Gasteiger partial charge >= 0.3 is 0 Å². The van der Waals surface area contributed by atoms with Crippen molar-refractivity contribution in [3.63, 3.8) is 0 Å². The fourth-order valence-electron chi connectivity index (χ4n) is 2.47. The first-order valence-corrected chi connectivity index (χ1v) is 8.75. The normalized spacial score (nSPS) is 10.4. The van der Waals surface area contributed by atoms with E-state index in [2.05, 4.69) is 44.9 Å². The minimum Gasteiger partial charge on any atom is -0.495 e.